The Hall–Kier alpha value is -0.890. The van der Waals surface area contributed by atoms with Gasteiger partial charge in [0.05, 0.1) is 19.3 Å². The molecule has 1 unspecified atom stereocenters. The molecular weight excluding hydrogens is 360 g/mol. The molecule has 0 aromatic rings. The van der Waals surface area contributed by atoms with Gasteiger partial charge in [-0.3, -0.25) is 0 Å². The first-order valence-corrected chi connectivity index (χ1v) is 10.9. The molecule has 3 heterocycles. The van der Waals surface area contributed by atoms with Gasteiger partial charge in [-0.15, -0.1) is 0 Å². The number of nitrogens with zero attached hydrogens (tertiary/aromatic N) is 2. The van der Waals surface area contributed by atoms with E-state index in [0.29, 0.717) is 25.5 Å². The first kappa shape index (κ1) is 21.8. The fraction of sp³-hybridized carbons (Fsp3) is 0.952. The number of piperidine rings is 1. The number of hydrogen-bond donors (Lipinski definition) is 1. The first-order valence-electron chi connectivity index (χ1n) is 10.9. The van der Waals surface area contributed by atoms with E-state index in [4.69, 9.17) is 14.2 Å². The van der Waals surface area contributed by atoms with Gasteiger partial charge in [-0.2, -0.15) is 0 Å². The smallest absolute Gasteiger partial charge is 0.410 e. The summed E-state index contributed by atoms with van der Waals surface area (Å²) in [5.41, 5.74) is -0.513. The van der Waals surface area contributed by atoms with Crippen molar-refractivity contribution in [1.82, 2.24) is 9.80 Å². The molecule has 0 radical (unpaired) electrons. The monoisotopic (exact) mass is 398 g/mol. The second-order valence-corrected chi connectivity index (χ2v) is 9.44. The van der Waals surface area contributed by atoms with Gasteiger partial charge in [-0.1, -0.05) is 0 Å². The molecule has 7 heteroatoms. The highest BCUT2D eigenvalue weighted by atomic mass is 16.7. The summed E-state index contributed by atoms with van der Waals surface area (Å²) in [6.45, 7) is 10.5. The average Bonchev–Trinajstić information content (AvgIpc) is 3.04. The van der Waals surface area contributed by atoms with Crippen LogP contribution in [-0.4, -0.2) is 84.4 Å². The molecule has 28 heavy (non-hydrogen) atoms. The Kier molecular flexibility index (Phi) is 7.59. The minimum Gasteiger partial charge on any atom is -0.444 e. The lowest BCUT2D eigenvalue weighted by Crippen LogP contribution is -2.47. The number of ether oxygens (including phenoxy) is 3. The first-order chi connectivity index (χ1) is 13.3. The molecule has 1 N–H and O–H groups in total. The van der Waals surface area contributed by atoms with Crippen molar-refractivity contribution in [2.24, 2.45) is 5.92 Å². The largest absolute Gasteiger partial charge is 0.444 e. The van der Waals surface area contributed by atoms with Gasteiger partial charge in [0.25, 0.3) is 0 Å². The third kappa shape index (κ3) is 6.31. The normalized spacial score (nSPS) is 30.6. The van der Waals surface area contributed by atoms with E-state index < -0.39 is 11.7 Å². The summed E-state index contributed by atoms with van der Waals surface area (Å²) in [7, 11) is 0. The third-order valence-corrected chi connectivity index (χ3v) is 5.97. The number of β-amino-alcohol motifs (C(OH)–C–C–N with tert-alkyl or cyclic N) is 1. The Labute approximate surface area is 169 Å². The van der Waals surface area contributed by atoms with E-state index in [0.717, 1.165) is 51.9 Å². The average molecular weight is 399 g/mol. The second-order valence-electron chi connectivity index (χ2n) is 9.44. The summed E-state index contributed by atoms with van der Waals surface area (Å²) in [4.78, 5) is 16.8. The molecule has 3 saturated heterocycles. The summed E-state index contributed by atoms with van der Waals surface area (Å²) in [6.07, 6.45) is 5.32. The van der Waals surface area contributed by atoms with Crippen molar-refractivity contribution < 1.29 is 24.1 Å². The maximum Gasteiger partial charge on any atom is 0.410 e. The molecule has 0 spiro atoms. The summed E-state index contributed by atoms with van der Waals surface area (Å²) in [6, 6.07) is 0.0823. The molecule has 3 fully saturated rings. The molecule has 1 amide bonds. The molecule has 162 valence electrons. The maximum atomic E-state index is 12.6. The van der Waals surface area contributed by atoms with Gasteiger partial charge in [-0.25, -0.2) is 4.79 Å². The van der Waals surface area contributed by atoms with Crippen LogP contribution in [0.4, 0.5) is 4.79 Å². The van der Waals surface area contributed by atoms with Crippen LogP contribution in [0, 0.1) is 5.92 Å². The molecule has 0 aromatic heterocycles. The molecule has 3 aliphatic heterocycles. The molecule has 3 aliphatic rings. The zero-order valence-corrected chi connectivity index (χ0v) is 17.8. The zero-order valence-electron chi connectivity index (χ0n) is 17.8. The number of likely N-dealkylation sites (tertiary alicyclic amines) is 2. The summed E-state index contributed by atoms with van der Waals surface area (Å²) in [5.74, 6) is 0.420. The number of amides is 1. The van der Waals surface area contributed by atoms with Gasteiger partial charge in [0, 0.05) is 19.2 Å². The van der Waals surface area contributed by atoms with Crippen LogP contribution >= 0.6 is 0 Å². The summed E-state index contributed by atoms with van der Waals surface area (Å²) < 4.78 is 17.0. The van der Waals surface area contributed by atoms with Crippen molar-refractivity contribution in [3.63, 3.8) is 0 Å². The van der Waals surface area contributed by atoms with E-state index in [1.54, 1.807) is 4.90 Å². The van der Waals surface area contributed by atoms with Gasteiger partial charge in [-0.05, 0) is 78.3 Å². The number of aliphatic hydroxyl groups is 1. The Balaban J connectivity index is 1.42. The fourth-order valence-electron chi connectivity index (χ4n) is 4.54. The lowest BCUT2D eigenvalue weighted by molar-refractivity contribution is -0.164. The highest BCUT2D eigenvalue weighted by molar-refractivity contribution is 5.69. The highest BCUT2D eigenvalue weighted by Gasteiger charge is 2.41. The van der Waals surface area contributed by atoms with Crippen molar-refractivity contribution in [2.45, 2.75) is 83.3 Å². The van der Waals surface area contributed by atoms with Crippen molar-refractivity contribution in [3.8, 4) is 0 Å². The Morgan fingerprint density at radius 3 is 2.57 bits per heavy atom. The lowest BCUT2D eigenvalue weighted by atomic mass is 9.88. The minimum atomic E-state index is -0.513. The van der Waals surface area contributed by atoms with Crippen molar-refractivity contribution in [1.29, 1.82) is 0 Å². The molecule has 3 atom stereocenters. The topological polar surface area (TPSA) is 71.5 Å². The summed E-state index contributed by atoms with van der Waals surface area (Å²) >= 11 is 0. The predicted octanol–water partition coefficient (Wildman–Crippen LogP) is 2.61. The van der Waals surface area contributed by atoms with Crippen LogP contribution in [-0.2, 0) is 14.2 Å². The molecule has 0 aromatic carbocycles. The fourth-order valence-corrected chi connectivity index (χ4v) is 4.54. The number of aliphatic hydroxyl groups excluding tert-OH is 1. The van der Waals surface area contributed by atoms with Gasteiger partial charge in [0.1, 0.15) is 5.60 Å². The van der Waals surface area contributed by atoms with E-state index in [1.807, 2.05) is 20.8 Å². The Morgan fingerprint density at radius 1 is 1.18 bits per heavy atom. The second kappa shape index (κ2) is 9.74. The molecule has 3 rings (SSSR count). The zero-order chi connectivity index (χ0) is 20.1. The van der Waals surface area contributed by atoms with Gasteiger partial charge < -0.3 is 29.1 Å². The number of carbonyl (C=O) groups is 1. The molecule has 0 aliphatic carbocycles. The summed E-state index contributed by atoms with van der Waals surface area (Å²) in [5, 5.41) is 10.2. The van der Waals surface area contributed by atoms with Crippen molar-refractivity contribution >= 4 is 6.09 Å². The van der Waals surface area contributed by atoms with Crippen LogP contribution in [0.15, 0.2) is 0 Å². The van der Waals surface area contributed by atoms with Crippen molar-refractivity contribution in [3.05, 3.63) is 0 Å². The van der Waals surface area contributed by atoms with Crippen molar-refractivity contribution in [2.75, 3.05) is 39.4 Å². The van der Waals surface area contributed by atoms with Crippen LogP contribution < -0.4 is 0 Å². The van der Waals surface area contributed by atoms with Gasteiger partial charge in [0.2, 0.25) is 0 Å². The molecule has 7 nitrogen and oxygen atoms in total. The van der Waals surface area contributed by atoms with Crippen LogP contribution in [0.3, 0.4) is 0 Å². The molecule has 0 bridgehead atoms. The molecule has 0 saturated carbocycles. The van der Waals surface area contributed by atoms with E-state index >= 15 is 0 Å². The van der Waals surface area contributed by atoms with E-state index in [-0.39, 0.29) is 18.4 Å². The van der Waals surface area contributed by atoms with Gasteiger partial charge >= 0.3 is 6.09 Å². The Bertz CT molecular complexity index is 496. The Morgan fingerprint density at radius 2 is 1.93 bits per heavy atom. The quantitative estimate of drug-likeness (QED) is 0.768. The SMILES string of the molecule is CC(C)(C)OC(=O)N1C[C@H](O)C[C@H]1C1CCN(CCOC2CCCCO2)CC1. The molecular formula is C21H38N2O5. The lowest BCUT2D eigenvalue weighted by Gasteiger charge is -2.38. The maximum absolute atomic E-state index is 12.6. The van der Waals surface area contributed by atoms with Crippen LogP contribution in [0.25, 0.3) is 0 Å². The minimum absolute atomic E-state index is 0.0198. The number of hydrogen-bond acceptors (Lipinski definition) is 6. The predicted molar refractivity (Wildman–Crippen MR) is 106 cm³/mol. The van der Waals surface area contributed by atoms with E-state index in [2.05, 4.69) is 4.90 Å². The standard InChI is InChI=1S/C21H38N2O5/c1-21(2,3)28-20(25)23-15-17(24)14-18(23)16-7-9-22(10-8-16)11-13-27-19-6-4-5-12-26-19/h16-19,24H,4-15H2,1-3H3/t17-,18+,19?/m1/s1. The van der Waals surface area contributed by atoms with Crippen LogP contribution in [0.1, 0.15) is 59.3 Å². The highest BCUT2D eigenvalue weighted by Crippen LogP contribution is 2.32. The van der Waals surface area contributed by atoms with E-state index in [9.17, 15) is 9.90 Å². The third-order valence-electron chi connectivity index (χ3n) is 5.97. The van der Waals surface area contributed by atoms with Crippen LogP contribution in [0.2, 0.25) is 0 Å². The number of carbonyl (C=O) groups excluding carboxylic acids is 1. The van der Waals surface area contributed by atoms with E-state index in [1.165, 1.54) is 6.42 Å². The van der Waals surface area contributed by atoms with Gasteiger partial charge in [0.15, 0.2) is 6.29 Å². The number of rotatable bonds is 5. The van der Waals surface area contributed by atoms with Crippen LogP contribution in [0.5, 0.6) is 0 Å².